The number of fused-ring (bicyclic) bond motifs is 7. The first kappa shape index (κ1) is 35.0. The summed E-state index contributed by atoms with van der Waals surface area (Å²) >= 11 is 1.96. The van der Waals surface area contributed by atoms with Crippen molar-refractivity contribution in [2.75, 3.05) is 0 Å². The van der Waals surface area contributed by atoms with Crippen molar-refractivity contribution in [1.29, 1.82) is 0 Å². The molecule has 2 aliphatic carbocycles. The molecule has 3 heterocycles. The fraction of sp³-hybridized carbons (Fsp3) is 0.315. The maximum atomic E-state index is 9.99. The molecule has 296 valence electrons. The largest absolute Gasteiger partial charge is 0.423 e. The van der Waals surface area contributed by atoms with Crippen molar-refractivity contribution < 1.29 is 7.16 Å². The van der Waals surface area contributed by atoms with Gasteiger partial charge in [0.05, 0.1) is 11.0 Å². The SMILES string of the molecule is [2H]C1(c2ccc3c(nc4oc5c(C6([2H])CCCC6)cccc5n43)c2-c2cccc([Si](C)(c3ccccc3)c3cccc4c3Sc3ccccc3C(C)(C)C4(C)C)c2)CCCC1. The average molecular weight is 809 g/mol. The first-order chi connectivity index (χ1) is 29.3. The predicted molar refractivity (Wildman–Crippen MR) is 250 cm³/mol. The van der Waals surface area contributed by atoms with E-state index in [2.05, 4.69) is 166 Å². The number of imidazole rings is 1. The molecule has 2 fully saturated rings. The molecular formula is C54H54N2OSSi. The van der Waals surface area contributed by atoms with Crippen molar-refractivity contribution in [3.8, 4) is 11.1 Å². The molecule has 0 amide bonds. The monoisotopic (exact) mass is 808 g/mol. The van der Waals surface area contributed by atoms with Crippen molar-refractivity contribution in [3.63, 3.8) is 0 Å². The van der Waals surface area contributed by atoms with Crippen LogP contribution in [-0.2, 0) is 10.8 Å². The Kier molecular flexibility index (Phi) is 8.21. The third-order valence-corrected chi connectivity index (χ3v) is 20.9. The van der Waals surface area contributed by atoms with Crippen LogP contribution in [0.2, 0.25) is 6.55 Å². The van der Waals surface area contributed by atoms with Crippen molar-refractivity contribution >= 4 is 63.4 Å². The average Bonchev–Trinajstić information content (AvgIpc) is 4.07. The lowest BCUT2D eigenvalue weighted by molar-refractivity contribution is 0.296. The highest BCUT2D eigenvalue weighted by atomic mass is 32.2. The molecule has 1 atom stereocenters. The lowest BCUT2D eigenvalue weighted by Gasteiger charge is -2.43. The normalized spacial score (nSPS) is 20.5. The zero-order chi connectivity index (χ0) is 41.9. The van der Waals surface area contributed by atoms with Gasteiger partial charge in [-0.3, -0.25) is 4.40 Å². The van der Waals surface area contributed by atoms with Gasteiger partial charge in [0.2, 0.25) is 0 Å². The standard InChI is InChI=1S/C54H54N2OSSi/c1-53(2)42-27-13-14-30-46(42)58-51-43(54(53,3)4)28-17-31-47(51)59(5,38-23-7-6-8-24-38)39-25-15-22-37(34-39)48-40(35-18-9-10-19-35)32-33-44-49(48)55-52-56(44)45-29-16-26-41(50(45)57-52)36-20-11-12-21-36/h6-8,13-17,22-36H,9-12,18-21H2,1-5H3/i35D,36D. The molecule has 59 heavy (non-hydrogen) atoms. The molecule has 0 bridgehead atoms. The molecule has 0 spiro atoms. The first-order valence-corrected chi connectivity index (χ1v) is 25.1. The number of nitrogens with zero attached hydrogens (tertiary/aromatic N) is 2. The number of oxazole rings is 1. The minimum atomic E-state index is -2.72. The molecule has 0 saturated heterocycles. The summed E-state index contributed by atoms with van der Waals surface area (Å²) in [5.74, 6) is -0.777. The number of benzene rings is 6. The molecule has 1 aliphatic heterocycles. The van der Waals surface area contributed by atoms with Gasteiger partial charge >= 0.3 is 5.84 Å². The van der Waals surface area contributed by atoms with E-state index < -0.39 is 19.9 Å². The van der Waals surface area contributed by atoms with Crippen LogP contribution < -0.4 is 15.6 Å². The number of para-hydroxylation sites is 1. The van der Waals surface area contributed by atoms with Crippen LogP contribution >= 0.6 is 11.8 Å². The van der Waals surface area contributed by atoms with Gasteiger partial charge in [-0.1, -0.05) is 181 Å². The Morgan fingerprint density at radius 1 is 0.661 bits per heavy atom. The molecular weight excluding hydrogens is 753 g/mol. The summed E-state index contributed by atoms with van der Waals surface area (Å²) in [6.45, 7) is 12.3. The highest BCUT2D eigenvalue weighted by Crippen LogP contribution is 2.53. The number of hydrogen-bond acceptors (Lipinski definition) is 3. The van der Waals surface area contributed by atoms with Gasteiger partial charge in [-0.05, 0) is 104 Å². The van der Waals surface area contributed by atoms with E-state index in [-0.39, 0.29) is 10.8 Å². The van der Waals surface area contributed by atoms with E-state index in [0.717, 1.165) is 95.8 Å². The summed E-state index contributed by atoms with van der Waals surface area (Å²) in [7, 11) is -2.72. The maximum absolute atomic E-state index is 9.99. The Bertz CT molecular complexity index is 3030. The Balaban J connectivity index is 1.15. The van der Waals surface area contributed by atoms with Crippen molar-refractivity contribution in [1.82, 2.24) is 9.38 Å². The molecule has 3 nitrogen and oxygen atoms in total. The first-order valence-electron chi connectivity index (χ1n) is 22.8. The number of aromatic nitrogens is 2. The molecule has 8 aromatic rings. The molecule has 3 aliphatic rings. The Morgan fingerprint density at radius 2 is 1.31 bits per heavy atom. The van der Waals surface area contributed by atoms with E-state index in [4.69, 9.17) is 9.40 Å². The maximum Gasteiger partial charge on any atom is 0.307 e. The molecule has 5 heteroatoms. The van der Waals surface area contributed by atoms with Gasteiger partial charge in [-0.25, -0.2) is 0 Å². The number of hydrogen-bond donors (Lipinski definition) is 0. The zero-order valence-electron chi connectivity index (χ0n) is 37.0. The van der Waals surface area contributed by atoms with Gasteiger partial charge in [0, 0.05) is 23.7 Å². The van der Waals surface area contributed by atoms with Crippen LogP contribution in [0.4, 0.5) is 0 Å². The zero-order valence-corrected chi connectivity index (χ0v) is 36.8. The van der Waals surface area contributed by atoms with Crippen LogP contribution in [0.5, 0.6) is 0 Å². The third-order valence-electron chi connectivity index (χ3n) is 15.0. The second-order valence-corrected chi connectivity index (χ2v) is 23.6. The molecule has 0 N–H and O–H groups in total. The van der Waals surface area contributed by atoms with Gasteiger partial charge in [-0.15, -0.1) is 0 Å². The van der Waals surface area contributed by atoms with E-state index in [1.54, 1.807) is 0 Å². The van der Waals surface area contributed by atoms with Crippen LogP contribution in [0.25, 0.3) is 39.1 Å². The van der Waals surface area contributed by atoms with Crippen LogP contribution in [0.3, 0.4) is 0 Å². The van der Waals surface area contributed by atoms with Crippen molar-refractivity contribution in [2.45, 2.75) is 118 Å². The van der Waals surface area contributed by atoms with Gasteiger partial charge < -0.3 is 4.42 Å². The second-order valence-electron chi connectivity index (χ2n) is 18.6. The van der Waals surface area contributed by atoms with Crippen molar-refractivity contribution in [2.24, 2.45) is 0 Å². The van der Waals surface area contributed by atoms with E-state index in [0.29, 0.717) is 5.84 Å². The highest BCUT2D eigenvalue weighted by molar-refractivity contribution is 7.99. The molecule has 1 unspecified atom stereocenters. The van der Waals surface area contributed by atoms with Gasteiger partial charge in [0.1, 0.15) is 13.6 Å². The Morgan fingerprint density at radius 3 is 2.08 bits per heavy atom. The van der Waals surface area contributed by atoms with Crippen LogP contribution in [0.15, 0.2) is 142 Å². The molecule has 2 aromatic heterocycles. The van der Waals surface area contributed by atoms with E-state index in [1.807, 2.05) is 11.8 Å². The van der Waals surface area contributed by atoms with E-state index in [9.17, 15) is 2.74 Å². The summed E-state index contributed by atoms with van der Waals surface area (Å²) in [5, 5.41) is 4.14. The van der Waals surface area contributed by atoms with E-state index in [1.165, 1.54) is 36.5 Å². The fourth-order valence-corrected chi connectivity index (χ4v) is 16.8. The fourth-order valence-electron chi connectivity index (χ4n) is 11.0. The van der Waals surface area contributed by atoms with Crippen LogP contribution in [-0.4, -0.2) is 17.5 Å². The predicted octanol–water partition coefficient (Wildman–Crippen LogP) is 13.0. The lowest BCUT2D eigenvalue weighted by Crippen LogP contribution is -2.65. The molecule has 11 rings (SSSR count). The van der Waals surface area contributed by atoms with Gasteiger partial charge in [0.15, 0.2) is 5.58 Å². The summed E-state index contributed by atoms with van der Waals surface area (Å²) in [6, 6.07) is 47.4. The van der Waals surface area contributed by atoms with E-state index >= 15 is 0 Å². The highest BCUT2D eigenvalue weighted by Gasteiger charge is 2.47. The second kappa shape index (κ2) is 13.9. The summed E-state index contributed by atoms with van der Waals surface area (Å²) in [4.78, 5) is 8.10. The van der Waals surface area contributed by atoms with Crippen molar-refractivity contribution in [3.05, 3.63) is 150 Å². The topological polar surface area (TPSA) is 30.4 Å². The Hall–Kier alpha value is -4.84. The third kappa shape index (κ3) is 5.56. The smallest absolute Gasteiger partial charge is 0.307 e. The molecule has 6 aromatic carbocycles. The van der Waals surface area contributed by atoms with Crippen LogP contribution in [0, 0.1) is 0 Å². The minimum Gasteiger partial charge on any atom is -0.423 e. The number of rotatable bonds is 6. The van der Waals surface area contributed by atoms with Gasteiger partial charge in [-0.2, -0.15) is 4.98 Å². The minimum absolute atomic E-state index is 0.0949. The summed E-state index contributed by atoms with van der Waals surface area (Å²) in [5.41, 5.74) is 10.4. The summed E-state index contributed by atoms with van der Waals surface area (Å²) in [6.07, 6.45) is 7.64. The quantitative estimate of drug-likeness (QED) is 0.124. The molecule has 0 radical (unpaired) electrons. The van der Waals surface area contributed by atoms with Crippen LogP contribution in [0.1, 0.15) is 116 Å². The van der Waals surface area contributed by atoms with Gasteiger partial charge in [0.25, 0.3) is 0 Å². The Labute approximate surface area is 357 Å². The molecule has 2 saturated carbocycles. The lowest BCUT2D eigenvalue weighted by atomic mass is 9.61. The summed E-state index contributed by atoms with van der Waals surface area (Å²) < 4.78 is 28.3.